The van der Waals surface area contributed by atoms with Crippen molar-refractivity contribution >= 4 is 28.4 Å². The van der Waals surface area contributed by atoms with Crippen molar-refractivity contribution < 1.29 is 19.3 Å². The van der Waals surface area contributed by atoms with Gasteiger partial charge in [-0.3, -0.25) is 4.79 Å². The molecule has 10 nitrogen and oxygen atoms in total. The first-order valence-electron chi connectivity index (χ1n) is 10.9. The predicted molar refractivity (Wildman–Crippen MR) is 125 cm³/mol. The van der Waals surface area contributed by atoms with Gasteiger partial charge in [0.2, 0.25) is 5.28 Å². The summed E-state index contributed by atoms with van der Waals surface area (Å²) in [4.78, 5) is 20.8. The minimum absolute atomic E-state index is 0.187. The Balaban J connectivity index is 2.07. The summed E-state index contributed by atoms with van der Waals surface area (Å²) in [5, 5.41) is 21.5. The number of hydrogen-bond acceptors (Lipinski definition) is 7. The van der Waals surface area contributed by atoms with Gasteiger partial charge in [-0.2, -0.15) is 0 Å². The second-order valence-corrected chi connectivity index (χ2v) is 7.80. The molecule has 0 radical (unpaired) electrons. The van der Waals surface area contributed by atoms with Crippen LogP contribution in [0.25, 0.3) is 11.0 Å². The van der Waals surface area contributed by atoms with E-state index >= 15 is 0 Å². The molecule has 1 aromatic heterocycles. The average molecular weight is 455 g/mol. The summed E-state index contributed by atoms with van der Waals surface area (Å²) in [6, 6.07) is 13.7. The second kappa shape index (κ2) is 11.2. The van der Waals surface area contributed by atoms with Crippen LogP contribution in [0.1, 0.15) is 45.7 Å². The van der Waals surface area contributed by atoms with Crippen LogP contribution in [0, 0.1) is 5.21 Å². The van der Waals surface area contributed by atoms with Crippen LogP contribution >= 0.6 is 0 Å². The molecule has 1 heterocycles. The summed E-state index contributed by atoms with van der Waals surface area (Å²) in [5.74, 6) is -0.528. The van der Waals surface area contributed by atoms with Gasteiger partial charge >= 0.3 is 5.97 Å². The number of nitrogens with zero attached hydrogens (tertiary/aromatic N) is 5. The highest BCUT2D eigenvalue weighted by Gasteiger charge is 2.24. The molecule has 1 N–H and O–H groups in total. The van der Waals surface area contributed by atoms with E-state index in [4.69, 9.17) is 9.57 Å². The van der Waals surface area contributed by atoms with E-state index in [0.29, 0.717) is 16.2 Å². The third-order valence-corrected chi connectivity index (χ3v) is 4.90. The Labute approximate surface area is 192 Å². The van der Waals surface area contributed by atoms with Crippen LogP contribution in [-0.4, -0.2) is 33.8 Å². The molecule has 0 bridgehead atoms. The first kappa shape index (κ1) is 23.8. The molecule has 3 rings (SSSR count). The van der Waals surface area contributed by atoms with Crippen LogP contribution in [0.5, 0.6) is 0 Å². The molecule has 10 heteroatoms. The average Bonchev–Trinajstić information content (AvgIpc) is 3.23. The maximum Gasteiger partial charge on any atom is 0.305 e. The van der Waals surface area contributed by atoms with Crippen molar-refractivity contribution in [2.75, 3.05) is 23.7 Å². The molecule has 0 aliphatic carbocycles. The van der Waals surface area contributed by atoms with Gasteiger partial charge in [0.15, 0.2) is 0 Å². The molecule has 0 unspecified atom stereocenters. The van der Waals surface area contributed by atoms with E-state index in [2.05, 4.69) is 40.9 Å². The van der Waals surface area contributed by atoms with Crippen molar-refractivity contribution in [1.29, 1.82) is 0 Å². The number of ether oxygens (including phenoxy) is 1. The molecule has 0 amide bonds. The lowest BCUT2D eigenvalue weighted by molar-refractivity contribution is -0.574. The summed E-state index contributed by atoms with van der Waals surface area (Å²) in [7, 11) is 0. The monoisotopic (exact) mass is 454 g/mol. The molecule has 33 heavy (non-hydrogen) atoms. The normalized spacial score (nSPS) is 11.6. The zero-order valence-electron chi connectivity index (χ0n) is 19.4. The van der Waals surface area contributed by atoms with Crippen LogP contribution in [0.2, 0.25) is 0 Å². The highest BCUT2D eigenvalue weighted by molar-refractivity contribution is 5.92. The molecule has 0 atom stereocenters. The molecule has 0 saturated heterocycles. The topological polar surface area (TPSA) is 107 Å². The first-order valence-corrected chi connectivity index (χ1v) is 10.9. The van der Waals surface area contributed by atoms with Crippen molar-refractivity contribution in [2.45, 2.75) is 46.7 Å². The Kier molecular flexibility index (Phi) is 8.06. The summed E-state index contributed by atoms with van der Waals surface area (Å²) in [5.41, 5.74) is 3.90. The Morgan fingerprint density at radius 1 is 1.30 bits per heavy atom. The number of fused-ring (bicyclic) bond motifs is 1. The Morgan fingerprint density at radius 2 is 2.06 bits per heavy atom. The molecule has 176 valence electrons. The minimum Gasteiger partial charge on any atom is -0.569 e. The quantitative estimate of drug-likeness (QED) is 0.111. The number of anilines is 2. The number of nitrogens with one attached hydrogen (secondary N) is 1. The van der Waals surface area contributed by atoms with Gasteiger partial charge in [-0.1, -0.05) is 37.3 Å². The Bertz CT molecular complexity index is 1100. The second-order valence-electron chi connectivity index (χ2n) is 7.80. The zero-order chi connectivity index (χ0) is 23.8. The van der Waals surface area contributed by atoms with E-state index in [9.17, 15) is 10.0 Å². The molecule has 3 aromatic rings. The number of rotatable bonds is 11. The van der Waals surface area contributed by atoms with Gasteiger partial charge in [-0.15, -0.1) is 5.01 Å². The van der Waals surface area contributed by atoms with Crippen molar-refractivity contribution in [2.24, 2.45) is 5.28 Å². The first-order chi connectivity index (χ1) is 15.9. The highest BCUT2D eigenvalue weighted by atomic mass is 16.8. The van der Waals surface area contributed by atoms with Gasteiger partial charge in [0.1, 0.15) is 17.7 Å². The summed E-state index contributed by atoms with van der Waals surface area (Å²) < 4.78 is 6.75. The SMILES string of the molecule is CCCNc1cc(N(Cc2ccccc2)/[N+]([O-])=N/OCOC(C)=O)c2ncn(C(C)C)c2c1. The van der Waals surface area contributed by atoms with Gasteiger partial charge in [0.25, 0.3) is 6.79 Å². The van der Waals surface area contributed by atoms with Crippen molar-refractivity contribution in [3.63, 3.8) is 0 Å². The largest absolute Gasteiger partial charge is 0.569 e. The van der Waals surface area contributed by atoms with E-state index in [0.717, 1.165) is 29.7 Å². The van der Waals surface area contributed by atoms with E-state index in [1.54, 1.807) is 6.33 Å². The lowest BCUT2D eigenvalue weighted by Crippen LogP contribution is -2.30. The predicted octanol–water partition coefficient (Wildman–Crippen LogP) is 4.78. The van der Waals surface area contributed by atoms with E-state index in [1.165, 1.54) is 11.9 Å². The molecule has 0 fully saturated rings. The molecule has 0 spiro atoms. The molecule has 0 aliphatic rings. The van der Waals surface area contributed by atoms with Crippen LogP contribution in [-0.2, 0) is 20.9 Å². The number of carbonyl (C=O) groups is 1. The molecule has 0 aliphatic heterocycles. The molecule has 2 aromatic carbocycles. The number of imidazole rings is 1. The molecule has 0 saturated carbocycles. The van der Waals surface area contributed by atoms with Gasteiger partial charge in [0, 0.05) is 25.2 Å². The maximum absolute atomic E-state index is 13.1. The molecular weight excluding hydrogens is 424 g/mol. The minimum atomic E-state index is -0.528. The number of carbonyl (C=O) groups excluding carboxylic acids is 1. The van der Waals surface area contributed by atoms with Crippen LogP contribution in [0.15, 0.2) is 54.1 Å². The van der Waals surface area contributed by atoms with Crippen LogP contribution in [0.4, 0.5) is 11.4 Å². The summed E-state index contributed by atoms with van der Waals surface area (Å²) in [6.07, 6.45) is 2.73. The summed E-state index contributed by atoms with van der Waals surface area (Å²) >= 11 is 0. The summed E-state index contributed by atoms with van der Waals surface area (Å²) in [6.45, 7) is 8.05. The van der Waals surface area contributed by atoms with E-state index in [-0.39, 0.29) is 12.6 Å². The third-order valence-electron chi connectivity index (χ3n) is 4.90. The number of esters is 1. The zero-order valence-corrected chi connectivity index (χ0v) is 19.4. The lowest BCUT2D eigenvalue weighted by atomic mass is 10.2. The standard InChI is InChI=1S/C23H30N6O4/c1-5-11-24-20-12-21-23(25-15-27(21)17(2)3)22(13-20)28(14-19-9-7-6-8-10-19)29(31)26-33-16-32-18(4)30/h6-10,12-13,15,17,24H,5,11,14,16H2,1-4H3/b29-26-. The van der Waals surface area contributed by atoms with E-state index < -0.39 is 12.8 Å². The fourth-order valence-electron chi connectivity index (χ4n) is 3.32. The van der Waals surface area contributed by atoms with Crippen LogP contribution < -0.4 is 10.3 Å². The highest BCUT2D eigenvalue weighted by Crippen LogP contribution is 2.33. The third kappa shape index (κ3) is 6.12. The van der Waals surface area contributed by atoms with Crippen molar-refractivity contribution in [1.82, 2.24) is 9.55 Å². The van der Waals surface area contributed by atoms with Gasteiger partial charge in [-0.05, 0) is 38.0 Å². The Morgan fingerprint density at radius 3 is 2.73 bits per heavy atom. The lowest BCUT2D eigenvalue weighted by Gasteiger charge is -2.20. The fraction of sp³-hybridized carbons (Fsp3) is 0.391. The maximum atomic E-state index is 13.1. The van der Waals surface area contributed by atoms with Crippen molar-refractivity contribution in [3.05, 3.63) is 59.6 Å². The number of hydrogen-bond donors (Lipinski definition) is 1. The van der Waals surface area contributed by atoms with Crippen LogP contribution in [0.3, 0.4) is 0 Å². The number of benzene rings is 2. The van der Waals surface area contributed by atoms with Gasteiger partial charge in [-0.25, -0.2) is 4.98 Å². The fourth-order valence-corrected chi connectivity index (χ4v) is 3.32. The van der Waals surface area contributed by atoms with Gasteiger partial charge in [0.05, 0.1) is 16.8 Å². The number of aromatic nitrogens is 2. The van der Waals surface area contributed by atoms with Crippen molar-refractivity contribution in [3.8, 4) is 0 Å². The Hall–Kier alpha value is -3.82. The molecular formula is C23H30N6O4. The number of hydrazine groups is 1. The smallest absolute Gasteiger partial charge is 0.305 e. The van der Waals surface area contributed by atoms with Gasteiger partial charge < -0.3 is 24.7 Å². The van der Waals surface area contributed by atoms with E-state index in [1.807, 2.05) is 42.5 Å².